The molecule has 0 N–H and O–H groups in total. The lowest BCUT2D eigenvalue weighted by Gasteiger charge is -2.28. The van der Waals surface area contributed by atoms with Crippen molar-refractivity contribution in [1.82, 2.24) is 0 Å². The quantitative estimate of drug-likeness (QED) is 0.704. The first-order valence-electron chi connectivity index (χ1n) is 5.81. The number of benzene rings is 1. The summed E-state index contributed by atoms with van der Waals surface area (Å²) in [5.41, 5.74) is 2.39. The topological polar surface area (TPSA) is 27.0 Å². The fourth-order valence-corrected chi connectivity index (χ4v) is 2.08. The molecule has 0 aromatic heterocycles. The van der Waals surface area contributed by atoms with E-state index in [9.17, 15) is 0 Å². The van der Waals surface area contributed by atoms with Crippen LogP contribution in [0.5, 0.6) is 0 Å². The highest BCUT2D eigenvalue weighted by atomic mass is 15.1. The summed E-state index contributed by atoms with van der Waals surface area (Å²) in [6.45, 7) is 2.35. The number of piperidine rings is 1. The lowest BCUT2D eigenvalue weighted by Crippen LogP contribution is -2.29. The molecular formula is C14H16N2. The molecule has 16 heavy (non-hydrogen) atoms. The number of rotatable bonds is 2. The third kappa shape index (κ3) is 2.64. The summed E-state index contributed by atoms with van der Waals surface area (Å²) in [4.78, 5) is 2.43. The molecule has 0 bridgehead atoms. The molecule has 1 aliphatic rings. The van der Waals surface area contributed by atoms with Crippen LogP contribution in [-0.4, -0.2) is 13.1 Å². The van der Waals surface area contributed by atoms with E-state index in [2.05, 4.69) is 29.2 Å². The molecule has 1 aromatic rings. The maximum atomic E-state index is 8.44. The van der Waals surface area contributed by atoms with E-state index in [1.54, 1.807) is 0 Å². The minimum atomic E-state index is 1.09. The van der Waals surface area contributed by atoms with E-state index in [1.165, 1.54) is 44.1 Å². The van der Waals surface area contributed by atoms with Crippen LogP contribution in [0.2, 0.25) is 0 Å². The molecule has 1 heterocycles. The maximum Gasteiger partial charge on any atom is 0.0912 e. The minimum absolute atomic E-state index is 1.09. The van der Waals surface area contributed by atoms with Crippen LogP contribution in [0.25, 0.3) is 6.08 Å². The Morgan fingerprint density at radius 3 is 2.38 bits per heavy atom. The zero-order valence-corrected chi connectivity index (χ0v) is 9.39. The van der Waals surface area contributed by atoms with Crippen molar-refractivity contribution in [3.63, 3.8) is 0 Å². The molecule has 1 aliphatic heterocycles. The Hall–Kier alpha value is -1.75. The van der Waals surface area contributed by atoms with Crippen LogP contribution < -0.4 is 4.90 Å². The number of anilines is 1. The van der Waals surface area contributed by atoms with Gasteiger partial charge in [0.05, 0.1) is 6.07 Å². The first-order chi connectivity index (χ1) is 7.90. The van der Waals surface area contributed by atoms with E-state index in [0.717, 1.165) is 5.56 Å². The van der Waals surface area contributed by atoms with Crippen LogP contribution in [0.1, 0.15) is 24.8 Å². The fourth-order valence-electron chi connectivity index (χ4n) is 2.08. The fraction of sp³-hybridized carbons (Fsp3) is 0.357. The van der Waals surface area contributed by atoms with Gasteiger partial charge in [0.2, 0.25) is 0 Å². The van der Waals surface area contributed by atoms with Crippen molar-refractivity contribution >= 4 is 11.8 Å². The van der Waals surface area contributed by atoms with E-state index in [1.807, 2.05) is 12.1 Å². The molecule has 2 rings (SSSR count). The van der Waals surface area contributed by atoms with E-state index in [-0.39, 0.29) is 0 Å². The zero-order chi connectivity index (χ0) is 11.2. The van der Waals surface area contributed by atoms with Gasteiger partial charge in [-0.1, -0.05) is 12.1 Å². The number of nitrogens with zero attached hydrogens (tertiary/aromatic N) is 2. The van der Waals surface area contributed by atoms with Crippen LogP contribution in [0.4, 0.5) is 5.69 Å². The molecule has 1 fully saturated rings. The van der Waals surface area contributed by atoms with Gasteiger partial charge in [0.1, 0.15) is 0 Å². The second-order valence-corrected chi connectivity index (χ2v) is 4.10. The highest BCUT2D eigenvalue weighted by Crippen LogP contribution is 2.20. The summed E-state index contributed by atoms with van der Waals surface area (Å²) in [5, 5.41) is 8.44. The first-order valence-corrected chi connectivity index (χ1v) is 5.81. The van der Waals surface area contributed by atoms with Crippen molar-refractivity contribution in [3.8, 4) is 6.07 Å². The summed E-state index contributed by atoms with van der Waals surface area (Å²) in [6, 6.07) is 10.4. The lowest BCUT2D eigenvalue weighted by molar-refractivity contribution is 0.578. The average molecular weight is 212 g/mol. The van der Waals surface area contributed by atoms with Gasteiger partial charge in [-0.2, -0.15) is 5.26 Å². The maximum absolute atomic E-state index is 8.44. The summed E-state index contributed by atoms with van der Waals surface area (Å²) in [5.74, 6) is 0. The molecule has 0 aliphatic carbocycles. The third-order valence-electron chi connectivity index (χ3n) is 2.96. The standard InChI is InChI=1S/C14H16N2/c15-10-4-5-13-6-8-14(9-7-13)16-11-2-1-3-12-16/h4-9H,1-3,11-12H2. The van der Waals surface area contributed by atoms with Gasteiger partial charge in [0.15, 0.2) is 0 Å². The van der Waals surface area contributed by atoms with Gasteiger partial charge in [0, 0.05) is 24.9 Å². The molecule has 0 atom stereocenters. The predicted molar refractivity (Wildman–Crippen MR) is 67.2 cm³/mol. The van der Waals surface area contributed by atoms with Gasteiger partial charge >= 0.3 is 0 Å². The van der Waals surface area contributed by atoms with Crippen LogP contribution in [-0.2, 0) is 0 Å². The van der Waals surface area contributed by atoms with Crippen molar-refractivity contribution in [2.75, 3.05) is 18.0 Å². The van der Waals surface area contributed by atoms with Crippen molar-refractivity contribution in [1.29, 1.82) is 5.26 Å². The summed E-state index contributed by atoms with van der Waals surface area (Å²) < 4.78 is 0. The van der Waals surface area contributed by atoms with Crippen molar-refractivity contribution in [3.05, 3.63) is 35.9 Å². The molecule has 82 valence electrons. The zero-order valence-electron chi connectivity index (χ0n) is 9.39. The van der Waals surface area contributed by atoms with Crippen molar-refractivity contribution in [2.45, 2.75) is 19.3 Å². The van der Waals surface area contributed by atoms with E-state index < -0.39 is 0 Å². The molecule has 0 unspecified atom stereocenters. The largest absolute Gasteiger partial charge is 0.372 e. The second-order valence-electron chi connectivity index (χ2n) is 4.10. The number of hydrogen-bond donors (Lipinski definition) is 0. The number of hydrogen-bond acceptors (Lipinski definition) is 2. The van der Waals surface area contributed by atoms with Gasteiger partial charge in [-0.3, -0.25) is 0 Å². The second kappa shape index (κ2) is 5.37. The Morgan fingerprint density at radius 1 is 1.06 bits per heavy atom. The highest BCUT2D eigenvalue weighted by molar-refractivity contribution is 5.57. The molecule has 1 saturated heterocycles. The van der Waals surface area contributed by atoms with Gasteiger partial charge in [-0.15, -0.1) is 0 Å². The minimum Gasteiger partial charge on any atom is -0.372 e. The van der Waals surface area contributed by atoms with Gasteiger partial charge in [-0.25, -0.2) is 0 Å². The molecular weight excluding hydrogens is 196 g/mol. The molecule has 0 amide bonds. The van der Waals surface area contributed by atoms with Crippen LogP contribution in [0.3, 0.4) is 0 Å². The SMILES string of the molecule is N#CC=Cc1ccc(N2CCCCC2)cc1. The average Bonchev–Trinajstić information content (AvgIpc) is 2.38. The van der Waals surface area contributed by atoms with E-state index in [0.29, 0.717) is 0 Å². The predicted octanol–water partition coefficient (Wildman–Crippen LogP) is 3.21. The number of allylic oxidation sites excluding steroid dienone is 1. The Labute approximate surface area is 96.8 Å². The Kier molecular flexibility index (Phi) is 3.61. The van der Waals surface area contributed by atoms with E-state index in [4.69, 9.17) is 5.26 Å². The van der Waals surface area contributed by atoms with E-state index >= 15 is 0 Å². The Morgan fingerprint density at radius 2 is 1.75 bits per heavy atom. The van der Waals surface area contributed by atoms with Crippen molar-refractivity contribution < 1.29 is 0 Å². The molecule has 2 nitrogen and oxygen atoms in total. The monoisotopic (exact) mass is 212 g/mol. The third-order valence-corrected chi connectivity index (χ3v) is 2.96. The molecule has 0 saturated carbocycles. The Balaban J connectivity index is 2.06. The molecule has 0 spiro atoms. The summed E-state index contributed by atoms with van der Waals surface area (Å²) in [6.07, 6.45) is 7.31. The van der Waals surface area contributed by atoms with Gasteiger partial charge in [0.25, 0.3) is 0 Å². The van der Waals surface area contributed by atoms with Gasteiger partial charge in [-0.05, 0) is 43.0 Å². The Bertz CT molecular complexity index is 392. The van der Waals surface area contributed by atoms with Crippen molar-refractivity contribution in [2.24, 2.45) is 0 Å². The number of nitriles is 1. The highest BCUT2D eigenvalue weighted by Gasteiger charge is 2.09. The summed E-state index contributed by atoms with van der Waals surface area (Å²) in [7, 11) is 0. The first kappa shape index (κ1) is 10.8. The van der Waals surface area contributed by atoms with Crippen LogP contribution in [0, 0.1) is 11.3 Å². The molecule has 1 aromatic carbocycles. The van der Waals surface area contributed by atoms with Crippen LogP contribution in [0.15, 0.2) is 30.3 Å². The molecule has 0 radical (unpaired) electrons. The molecule has 2 heteroatoms. The lowest BCUT2D eigenvalue weighted by atomic mass is 10.1. The normalized spacial score (nSPS) is 16.3. The summed E-state index contributed by atoms with van der Waals surface area (Å²) >= 11 is 0. The van der Waals surface area contributed by atoms with Crippen LogP contribution >= 0.6 is 0 Å². The van der Waals surface area contributed by atoms with Gasteiger partial charge < -0.3 is 4.90 Å². The smallest absolute Gasteiger partial charge is 0.0912 e.